The van der Waals surface area contributed by atoms with Crippen LogP contribution in [0.2, 0.25) is 0 Å². The molecule has 0 unspecified atom stereocenters. The molecule has 0 atom stereocenters. The maximum absolute atomic E-state index is 2.46. The van der Waals surface area contributed by atoms with Crippen LogP contribution in [0.15, 0.2) is 267 Å². The Bertz CT molecular complexity index is 3600. The Hall–Kier alpha value is -8.98. The molecule has 0 bridgehead atoms. The van der Waals surface area contributed by atoms with Crippen molar-refractivity contribution in [1.82, 2.24) is 9.13 Å². The number of aromatic nitrogens is 2. The third kappa shape index (κ3) is 6.73. The van der Waals surface area contributed by atoms with E-state index in [-0.39, 0.29) is 0 Å². The van der Waals surface area contributed by atoms with Crippen LogP contribution in [0.3, 0.4) is 0 Å². The Morgan fingerprint density at radius 3 is 0.853 bits per heavy atom. The van der Waals surface area contributed by atoms with E-state index in [1.807, 2.05) is 0 Å². The lowest BCUT2D eigenvalue weighted by atomic mass is 9.88. The minimum atomic E-state index is 1.11. The zero-order valence-electron chi connectivity index (χ0n) is 37.3. The minimum Gasteiger partial charge on any atom is -0.309 e. The van der Waals surface area contributed by atoms with Gasteiger partial charge in [0.1, 0.15) is 0 Å². The molecule has 0 spiro atoms. The van der Waals surface area contributed by atoms with Crippen LogP contribution >= 0.6 is 0 Å². The SMILES string of the molecule is c1ccc(-c2ccc(-c3ccccc3)n2-c2cc(-c3cccc4ccccc34)c3cc4cc(-n5c(-c6ccccc6)ccc5-c5ccccc5)cc(-c5cccc6ccccc56)c4cc3c2)cc1. The molecule has 68 heavy (non-hydrogen) atoms. The molecule has 0 radical (unpaired) electrons. The van der Waals surface area contributed by atoms with Crippen LogP contribution in [0.5, 0.6) is 0 Å². The maximum atomic E-state index is 2.46. The van der Waals surface area contributed by atoms with Gasteiger partial charge in [-0.3, -0.25) is 0 Å². The molecular weight excluding hydrogens is 821 g/mol. The topological polar surface area (TPSA) is 9.86 Å². The minimum absolute atomic E-state index is 1.11. The van der Waals surface area contributed by atoms with E-state index in [2.05, 4.69) is 276 Å². The summed E-state index contributed by atoms with van der Waals surface area (Å²) < 4.78 is 4.92. The number of benzene rings is 11. The summed E-state index contributed by atoms with van der Waals surface area (Å²) in [7, 11) is 0. The average molecular weight is 865 g/mol. The summed E-state index contributed by atoms with van der Waals surface area (Å²) in [5.74, 6) is 0. The predicted octanol–water partition coefficient (Wildman–Crippen LogP) is 17.9. The molecule has 2 heteroatoms. The van der Waals surface area contributed by atoms with Crippen molar-refractivity contribution in [3.8, 4) is 78.7 Å². The Morgan fingerprint density at radius 1 is 0.191 bits per heavy atom. The van der Waals surface area contributed by atoms with Crippen LogP contribution in [-0.2, 0) is 0 Å². The van der Waals surface area contributed by atoms with Crippen molar-refractivity contribution in [1.29, 1.82) is 0 Å². The Labute approximate surface area is 395 Å². The number of fused-ring (bicyclic) bond motifs is 4. The van der Waals surface area contributed by atoms with E-state index in [1.54, 1.807) is 0 Å². The molecule has 0 saturated carbocycles. The highest BCUT2D eigenvalue weighted by Crippen LogP contribution is 2.44. The fourth-order valence-corrected chi connectivity index (χ4v) is 10.6. The predicted molar refractivity (Wildman–Crippen MR) is 288 cm³/mol. The van der Waals surface area contributed by atoms with Crippen molar-refractivity contribution in [2.45, 2.75) is 0 Å². The van der Waals surface area contributed by atoms with Crippen LogP contribution in [0.1, 0.15) is 0 Å². The van der Waals surface area contributed by atoms with Gasteiger partial charge in [0.2, 0.25) is 0 Å². The van der Waals surface area contributed by atoms with Gasteiger partial charge in [0.05, 0.1) is 22.8 Å². The highest BCUT2D eigenvalue weighted by atomic mass is 15.0. The van der Waals surface area contributed by atoms with Crippen LogP contribution in [0, 0.1) is 0 Å². The molecule has 13 rings (SSSR count). The van der Waals surface area contributed by atoms with Gasteiger partial charge in [-0.15, -0.1) is 0 Å². The van der Waals surface area contributed by atoms with Crippen LogP contribution < -0.4 is 0 Å². The van der Waals surface area contributed by atoms with Crippen molar-refractivity contribution in [3.05, 3.63) is 267 Å². The van der Waals surface area contributed by atoms with Crippen molar-refractivity contribution in [2.75, 3.05) is 0 Å². The molecule has 0 fully saturated rings. The van der Waals surface area contributed by atoms with Gasteiger partial charge >= 0.3 is 0 Å². The summed E-state index contributed by atoms with van der Waals surface area (Å²) in [5, 5.41) is 9.64. The Morgan fingerprint density at radius 2 is 0.500 bits per heavy atom. The van der Waals surface area contributed by atoms with Gasteiger partial charge < -0.3 is 9.13 Å². The molecule has 0 N–H and O–H groups in total. The summed E-state index contributed by atoms with van der Waals surface area (Å²) >= 11 is 0. The summed E-state index contributed by atoms with van der Waals surface area (Å²) in [6.07, 6.45) is 0. The van der Waals surface area contributed by atoms with E-state index in [9.17, 15) is 0 Å². The monoisotopic (exact) mass is 864 g/mol. The second kappa shape index (κ2) is 16.5. The van der Waals surface area contributed by atoms with E-state index >= 15 is 0 Å². The number of nitrogens with zero attached hydrogens (tertiary/aromatic N) is 2. The van der Waals surface area contributed by atoms with Crippen LogP contribution in [0.25, 0.3) is 122 Å². The first-order chi connectivity index (χ1) is 33.7. The van der Waals surface area contributed by atoms with Crippen molar-refractivity contribution in [3.63, 3.8) is 0 Å². The molecule has 11 aromatic carbocycles. The Balaban J connectivity index is 1.16. The summed E-state index contributed by atoms with van der Waals surface area (Å²) in [6, 6.07) is 97.9. The van der Waals surface area contributed by atoms with Crippen molar-refractivity contribution < 1.29 is 0 Å². The molecule has 2 aromatic heterocycles. The van der Waals surface area contributed by atoms with Crippen molar-refractivity contribution >= 4 is 43.1 Å². The van der Waals surface area contributed by atoms with Crippen molar-refractivity contribution in [2.24, 2.45) is 0 Å². The smallest absolute Gasteiger partial charge is 0.0535 e. The lowest BCUT2D eigenvalue weighted by Crippen LogP contribution is -2.02. The van der Waals surface area contributed by atoms with Gasteiger partial charge in [0.15, 0.2) is 0 Å². The summed E-state index contributed by atoms with van der Waals surface area (Å²) in [6.45, 7) is 0. The fraction of sp³-hybridized carbons (Fsp3) is 0. The van der Waals surface area contributed by atoms with Gasteiger partial charge in [0, 0.05) is 11.4 Å². The molecule has 13 aromatic rings. The highest BCUT2D eigenvalue weighted by Gasteiger charge is 2.21. The van der Waals surface area contributed by atoms with Gasteiger partial charge in [0.25, 0.3) is 0 Å². The normalized spacial score (nSPS) is 11.5. The van der Waals surface area contributed by atoms with Gasteiger partial charge in [-0.05, 0) is 148 Å². The quantitative estimate of drug-likeness (QED) is 0.135. The molecule has 0 aliphatic carbocycles. The average Bonchev–Trinajstić information content (AvgIpc) is 4.07. The van der Waals surface area contributed by atoms with E-state index in [0.29, 0.717) is 0 Å². The summed E-state index contributed by atoms with van der Waals surface area (Å²) in [4.78, 5) is 0. The maximum Gasteiger partial charge on any atom is 0.0535 e. The lowest BCUT2D eigenvalue weighted by molar-refractivity contribution is 1.10. The first-order valence-corrected chi connectivity index (χ1v) is 23.4. The Kier molecular flexibility index (Phi) is 9.54. The first kappa shape index (κ1) is 39.4. The number of hydrogen-bond acceptors (Lipinski definition) is 0. The zero-order chi connectivity index (χ0) is 45.0. The van der Waals surface area contributed by atoms with Gasteiger partial charge in [-0.1, -0.05) is 206 Å². The van der Waals surface area contributed by atoms with E-state index in [4.69, 9.17) is 0 Å². The van der Waals surface area contributed by atoms with E-state index in [1.165, 1.54) is 87.6 Å². The third-order valence-electron chi connectivity index (χ3n) is 13.7. The van der Waals surface area contributed by atoms with Gasteiger partial charge in [-0.25, -0.2) is 0 Å². The standard InChI is InChI=1S/C66H44N2/c1-5-21-47(22-6-1)63-35-36-64(48-23-7-2-8-24-48)67(63)53-39-51-41-60-52(42-59(51)61(43-53)57-33-17-29-45-19-13-15-31-55(45)57)40-54(44-62(60)58-34-18-30-46-20-14-16-32-56(46)58)68-65(49-25-9-3-10-26-49)37-38-66(68)50-27-11-4-12-28-50/h1-44H. The molecule has 0 amide bonds. The summed E-state index contributed by atoms with van der Waals surface area (Å²) in [5.41, 5.74) is 16.3. The second-order valence-corrected chi connectivity index (χ2v) is 17.7. The van der Waals surface area contributed by atoms with Gasteiger partial charge in [-0.2, -0.15) is 0 Å². The molecule has 318 valence electrons. The molecule has 2 heterocycles. The fourth-order valence-electron chi connectivity index (χ4n) is 10.6. The first-order valence-electron chi connectivity index (χ1n) is 23.4. The van der Waals surface area contributed by atoms with Crippen LogP contribution in [0.4, 0.5) is 0 Å². The highest BCUT2D eigenvalue weighted by molar-refractivity contribution is 6.15. The second-order valence-electron chi connectivity index (χ2n) is 17.7. The molecule has 0 aliphatic rings. The molecule has 2 nitrogen and oxygen atoms in total. The zero-order valence-corrected chi connectivity index (χ0v) is 37.3. The molecule has 0 aliphatic heterocycles. The van der Waals surface area contributed by atoms with Crippen LogP contribution in [-0.4, -0.2) is 9.13 Å². The molecule has 0 saturated heterocycles. The largest absolute Gasteiger partial charge is 0.309 e. The van der Waals surface area contributed by atoms with E-state index in [0.717, 1.165) is 34.2 Å². The molecular formula is C66H44N2. The van der Waals surface area contributed by atoms with E-state index < -0.39 is 0 Å². The number of rotatable bonds is 8. The lowest BCUT2D eigenvalue weighted by Gasteiger charge is -2.21. The number of hydrogen-bond donors (Lipinski definition) is 0. The third-order valence-corrected chi connectivity index (χ3v) is 13.7.